The maximum absolute atomic E-state index is 12.9. The van der Waals surface area contributed by atoms with Crippen molar-refractivity contribution in [3.63, 3.8) is 0 Å². The zero-order valence-corrected chi connectivity index (χ0v) is 18.4. The van der Waals surface area contributed by atoms with Crippen LogP contribution in [-0.4, -0.2) is 41.8 Å². The first kappa shape index (κ1) is 21.3. The van der Waals surface area contributed by atoms with E-state index in [9.17, 15) is 14.7 Å². The van der Waals surface area contributed by atoms with Crippen LogP contribution in [0.3, 0.4) is 0 Å². The Morgan fingerprint density at radius 1 is 0.848 bits per heavy atom. The molecule has 1 aliphatic heterocycles. The second-order valence-corrected chi connectivity index (χ2v) is 9.04. The Hall–Kier alpha value is -3.60. The van der Waals surface area contributed by atoms with Gasteiger partial charge in [0.25, 0.3) is 0 Å². The van der Waals surface area contributed by atoms with Crippen LogP contribution in [0.1, 0.15) is 35.4 Å². The molecule has 1 amide bonds. The van der Waals surface area contributed by atoms with Crippen molar-refractivity contribution in [3.05, 3.63) is 95.6 Å². The molecule has 3 aromatic rings. The van der Waals surface area contributed by atoms with Crippen LogP contribution < -0.4 is 0 Å². The fourth-order valence-electron chi connectivity index (χ4n) is 5.26. The zero-order chi connectivity index (χ0) is 22.8. The minimum Gasteiger partial charge on any atom is -0.481 e. The number of carboxylic acid groups (broad SMARTS) is 1. The van der Waals surface area contributed by atoms with Crippen molar-refractivity contribution in [3.8, 4) is 11.1 Å². The van der Waals surface area contributed by atoms with Crippen molar-refractivity contribution in [2.45, 2.75) is 25.2 Å². The number of likely N-dealkylation sites (tertiary alicyclic amines) is 1. The zero-order valence-electron chi connectivity index (χ0n) is 18.4. The number of carbonyl (C=O) groups is 2. The molecule has 1 saturated heterocycles. The molecular formula is C28H27NO4. The Morgan fingerprint density at radius 2 is 1.39 bits per heavy atom. The molecule has 0 spiro atoms. The Morgan fingerprint density at radius 3 is 1.97 bits per heavy atom. The molecule has 0 unspecified atom stereocenters. The number of carboxylic acids is 1. The minimum absolute atomic E-state index is 0.0160. The number of piperidine rings is 1. The molecule has 0 radical (unpaired) electrons. The molecule has 0 saturated carbocycles. The lowest BCUT2D eigenvalue weighted by atomic mass is 9.74. The van der Waals surface area contributed by atoms with Gasteiger partial charge in [0, 0.05) is 19.0 Å². The minimum atomic E-state index is -0.846. The summed E-state index contributed by atoms with van der Waals surface area (Å²) in [6.45, 7) is 1.04. The third-order valence-electron chi connectivity index (χ3n) is 7.15. The second kappa shape index (κ2) is 8.74. The molecule has 5 nitrogen and oxygen atoms in total. The van der Waals surface area contributed by atoms with Crippen molar-refractivity contribution in [2.24, 2.45) is 5.41 Å². The SMILES string of the molecule is O=C(OCC1c2ccccc2-c2ccccc21)N1CCC(Cc2ccccc2)(C(=O)O)CC1. The molecule has 3 aromatic carbocycles. The number of ether oxygens (including phenoxy) is 1. The Kier molecular flexibility index (Phi) is 5.63. The number of nitrogens with zero attached hydrogens (tertiary/aromatic N) is 1. The van der Waals surface area contributed by atoms with Crippen LogP contribution in [0.5, 0.6) is 0 Å². The van der Waals surface area contributed by atoms with Gasteiger partial charge in [0.15, 0.2) is 0 Å². The van der Waals surface area contributed by atoms with Crippen molar-refractivity contribution in [1.29, 1.82) is 0 Å². The smallest absolute Gasteiger partial charge is 0.409 e. The molecule has 1 fully saturated rings. The number of fused-ring (bicyclic) bond motifs is 3. The fraction of sp³-hybridized carbons (Fsp3) is 0.286. The first-order valence-electron chi connectivity index (χ1n) is 11.4. The number of aliphatic carboxylic acids is 1. The van der Waals surface area contributed by atoms with Gasteiger partial charge in [0.05, 0.1) is 5.41 Å². The molecule has 168 valence electrons. The van der Waals surface area contributed by atoms with Crippen LogP contribution in [0.2, 0.25) is 0 Å². The van der Waals surface area contributed by atoms with E-state index in [2.05, 4.69) is 24.3 Å². The Balaban J connectivity index is 1.24. The predicted octanol–water partition coefficient (Wildman–Crippen LogP) is 5.35. The summed E-state index contributed by atoms with van der Waals surface area (Å²) >= 11 is 0. The molecule has 0 aromatic heterocycles. The van der Waals surface area contributed by atoms with Crippen molar-refractivity contribution in [2.75, 3.05) is 19.7 Å². The number of rotatable bonds is 5. The molecule has 1 heterocycles. The summed E-state index contributed by atoms with van der Waals surface area (Å²) in [6, 6.07) is 26.2. The summed E-state index contributed by atoms with van der Waals surface area (Å²) in [5.74, 6) is -0.777. The van der Waals surface area contributed by atoms with Crippen molar-refractivity contribution < 1.29 is 19.4 Å². The maximum Gasteiger partial charge on any atom is 0.409 e. The molecular weight excluding hydrogens is 414 g/mol. The standard InChI is InChI=1S/C28H27NO4/c30-26(31)28(18-20-8-2-1-3-9-20)14-16-29(17-15-28)27(32)33-19-25-23-12-6-4-10-21(23)22-11-5-7-13-24(22)25/h1-13,25H,14-19H2,(H,30,31). The highest BCUT2D eigenvalue weighted by molar-refractivity contribution is 5.79. The highest BCUT2D eigenvalue weighted by Gasteiger charge is 2.43. The van der Waals surface area contributed by atoms with Crippen LogP contribution >= 0.6 is 0 Å². The molecule has 2 aliphatic rings. The first-order valence-corrected chi connectivity index (χ1v) is 11.4. The molecule has 33 heavy (non-hydrogen) atoms. The summed E-state index contributed by atoms with van der Waals surface area (Å²) in [7, 11) is 0. The van der Waals surface area contributed by atoms with Gasteiger partial charge in [-0.25, -0.2) is 4.79 Å². The third-order valence-corrected chi connectivity index (χ3v) is 7.15. The summed E-state index contributed by atoms with van der Waals surface area (Å²) in [6.07, 6.45) is 0.945. The van der Waals surface area contributed by atoms with E-state index in [4.69, 9.17) is 4.74 Å². The van der Waals surface area contributed by atoms with Gasteiger partial charge in [-0.05, 0) is 47.1 Å². The lowest BCUT2D eigenvalue weighted by Gasteiger charge is -2.38. The largest absolute Gasteiger partial charge is 0.481 e. The van der Waals surface area contributed by atoms with E-state index in [1.54, 1.807) is 4.90 Å². The normalized spacial score (nSPS) is 16.7. The third kappa shape index (κ3) is 3.99. The number of hydrogen-bond acceptors (Lipinski definition) is 3. The molecule has 1 aliphatic carbocycles. The van der Waals surface area contributed by atoms with Crippen LogP contribution in [0.4, 0.5) is 4.79 Å². The molecule has 1 N–H and O–H groups in total. The topological polar surface area (TPSA) is 66.8 Å². The van der Waals surface area contributed by atoms with E-state index in [1.165, 1.54) is 22.3 Å². The number of hydrogen-bond donors (Lipinski definition) is 1. The van der Waals surface area contributed by atoms with Gasteiger partial charge in [-0.1, -0.05) is 78.9 Å². The quantitative estimate of drug-likeness (QED) is 0.580. The van der Waals surface area contributed by atoms with E-state index >= 15 is 0 Å². The van der Waals surface area contributed by atoms with Gasteiger partial charge >= 0.3 is 12.1 Å². The van der Waals surface area contributed by atoms with E-state index in [1.807, 2.05) is 54.6 Å². The van der Waals surface area contributed by atoms with Crippen LogP contribution in [0.25, 0.3) is 11.1 Å². The predicted molar refractivity (Wildman–Crippen MR) is 126 cm³/mol. The van der Waals surface area contributed by atoms with Crippen LogP contribution in [-0.2, 0) is 16.0 Å². The molecule has 5 rings (SSSR count). The number of amides is 1. The molecule has 0 atom stereocenters. The maximum atomic E-state index is 12.9. The highest BCUT2D eigenvalue weighted by atomic mass is 16.6. The monoisotopic (exact) mass is 441 g/mol. The van der Waals surface area contributed by atoms with Crippen LogP contribution in [0, 0.1) is 5.41 Å². The highest BCUT2D eigenvalue weighted by Crippen LogP contribution is 2.44. The van der Waals surface area contributed by atoms with E-state index in [-0.39, 0.29) is 18.6 Å². The van der Waals surface area contributed by atoms with Crippen molar-refractivity contribution >= 4 is 12.1 Å². The first-order chi connectivity index (χ1) is 16.1. The van der Waals surface area contributed by atoms with E-state index in [0.29, 0.717) is 32.4 Å². The van der Waals surface area contributed by atoms with E-state index in [0.717, 1.165) is 5.56 Å². The summed E-state index contributed by atoms with van der Waals surface area (Å²) < 4.78 is 5.77. The van der Waals surface area contributed by atoms with Gasteiger partial charge in [0.2, 0.25) is 0 Å². The van der Waals surface area contributed by atoms with Gasteiger partial charge in [-0.15, -0.1) is 0 Å². The Labute approximate surface area is 193 Å². The van der Waals surface area contributed by atoms with Gasteiger partial charge in [-0.3, -0.25) is 4.79 Å². The van der Waals surface area contributed by atoms with Gasteiger partial charge < -0.3 is 14.7 Å². The average molecular weight is 442 g/mol. The summed E-state index contributed by atoms with van der Waals surface area (Å²) in [4.78, 5) is 26.7. The molecule has 0 bridgehead atoms. The summed E-state index contributed by atoms with van der Waals surface area (Å²) in [5, 5.41) is 9.97. The second-order valence-electron chi connectivity index (χ2n) is 9.04. The number of carbonyl (C=O) groups excluding carboxylic acids is 1. The van der Waals surface area contributed by atoms with Crippen LogP contribution in [0.15, 0.2) is 78.9 Å². The number of benzene rings is 3. The van der Waals surface area contributed by atoms with Gasteiger partial charge in [0.1, 0.15) is 6.61 Å². The summed E-state index contributed by atoms with van der Waals surface area (Å²) in [5.41, 5.74) is 4.91. The fourth-order valence-corrected chi connectivity index (χ4v) is 5.26. The molecule has 5 heteroatoms. The van der Waals surface area contributed by atoms with Crippen molar-refractivity contribution in [1.82, 2.24) is 4.90 Å². The van der Waals surface area contributed by atoms with Gasteiger partial charge in [-0.2, -0.15) is 0 Å². The Bertz CT molecular complexity index is 1120. The lowest BCUT2D eigenvalue weighted by molar-refractivity contribution is -0.151. The lowest BCUT2D eigenvalue weighted by Crippen LogP contribution is -2.47. The van der Waals surface area contributed by atoms with E-state index < -0.39 is 11.4 Å². The average Bonchev–Trinajstić information content (AvgIpc) is 3.17.